The lowest BCUT2D eigenvalue weighted by atomic mass is 9.71. The molecule has 3 nitrogen and oxygen atoms in total. The molecular weight excluding hydrogens is 238 g/mol. The number of carbonyl (C=O) groups excluding carboxylic acids is 1. The van der Waals surface area contributed by atoms with Crippen LogP contribution in [0.1, 0.15) is 64.7 Å². The second kappa shape index (κ2) is 7.39. The minimum absolute atomic E-state index is 0.00344. The third kappa shape index (κ3) is 4.03. The Morgan fingerprint density at radius 1 is 1.37 bits per heavy atom. The minimum Gasteiger partial charge on any atom is -0.378 e. The molecule has 1 atom stereocenters. The molecule has 0 bridgehead atoms. The lowest BCUT2D eigenvalue weighted by Gasteiger charge is -2.36. The standard InChI is InChI=1S/C16H29NO2/c1-2-8-16(9-11-17-12-10-16)15(18)7-3-5-14-6-4-13-19-14/h14,17H,2-13H2,1H3. The molecule has 2 aliphatic heterocycles. The zero-order chi connectivity index (χ0) is 13.6. The van der Waals surface area contributed by atoms with Gasteiger partial charge >= 0.3 is 0 Å². The quantitative estimate of drug-likeness (QED) is 0.770. The fraction of sp³-hybridized carbons (Fsp3) is 0.938. The molecule has 1 unspecified atom stereocenters. The van der Waals surface area contributed by atoms with E-state index in [4.69, 9.17) is 4.74 Å². The summed E-state index contributed by atoms with van der Waals surface area (Å²) < 4.78 is 5.63. The number of piperidine rings is 1. The normalized spacial score (nSPS) is 26.5. The number of hydrogen-bond donors (Lipinski definition) is 1. The molecule has 0 amide bonds. The van der Waals surface area contributed by atoms with Crippen molar-refractivity contribution in [3.05, 3.63) is 0 Å². The highest BCUT2D eigenvalue weighted by Gasteiger charge is 2.37. The van der Waals surface area contributed by atoms with Crippen molar-refractivity contribution in [2.24, 2.45) is 5.41 Å². The molecule has 2 aliphatic rings. The molecule has 0 saturated carbocycles. The van der Waals surface area contributed by atoms with E-state index in [0.29, 0.717) is 11.9 Å². The lowest BCUT2D eigenvalue weighted by molar-refractivity contribution is -0.131. The molecule has 0 aliphatic carbocycles. The Bertz CT molecular complexity index is 273. The van der Waals surface area contributed by atoms with Gasteiger partial charge in [-0.1, -0.05) is 13.3 Å². The summed E-state index contributed by atoms with van der Waals surface area (Å²) in [6.45, 7) is 5.14. The summed E-state index contributed by atoms with van der Waals surface area (Å²) >= 11 is 0. The fourth-order valence-corrected chi connectivity index (χ4v) is 3.68. The van der Waals surface area contributed by atoms with E-state index in [9.17, 15) is 4.79 Å². The van der Waals surface area contributed by atoms with Gasteiger partial charge < -0.3 is 10.1 Å². The van der Waals surface area contributed by atoms with Crippen molar-refractivity contribution in [1.82, 2.24) is 5.32 Å². The third-order valence-electron chi connectivity index (χ3n) is 4.83. The van der Waals surface area contributed by atoms with E-state index in [2.05, 4.69) is 12.2 Å². The molecule has 0 radical (unpaired) electrons. The van der Waals surface area contributed by atoms with Crippen molar-refractivity contribution in [3.63, 3.8) is 0 Å². The Labute approximate surface area is 117 Å². The zero-order valence-corrected chi connectivity index (χ0v) is 12.4. The van der Waals surface area contributed by atoms with Gasteiger partial charge in [0.2, 0.25) is 0 Å². The van der Waals surface area contributed by atoms with Gasteiger partial charge in [0, 0.05) is 18.4 Å². The zero-order valence-electron chi connectivity index (χ0n) is 12.4. The summed E-state index contributed by atoms with van der Waals surface area (Å²) in [6, 6.07) is 0. The van der Waals surface area contributed by atoms with Crippen molar-refractivity contribution in [2.45, 2.75) is 70.8 Å². The smallest absolute Gasteiger partial charge is 0.139 e. The summed E-state index contributed by atoms with van der Waals surface area (Å²) in [4.78, 5) is 12.6. The Morgan fingerprint density at radius 3 is 2.79 bits per heavy atom. The Hall–Kier alpha value is -0.410. The Morgan fingerprint density at radius 2 is 2.16 bits per heavy atom. The van der Waals surface area contributed by atoms with Crippen LogP contribution in [0.15, 0.2) is 0 Å². The van der Waals surface area contributed by atoms with Crippen LogP contribution in [0.3, 0.4) is 0 Å². The number of ketones is 1. The van der Waals surface area contributed by atoms with Crippen LogP contribution in [0.2, 0.25) is 0 Å². The van der Waals surface area contributed by atoms with Gasteiger partial charge in [0.1, 0.15) is 5.78 Å². The maximum absolute atomic E-state index is 12.6. The predicted octanol–water partition coefficient (Wildman–Crippen LogP) is 3.07. The molecular formula is C16H29NO2. The third-order valence-corrected chi connectivity index (χ3v) is 4.83. The van der Waals surface area contributed by atoms with Crippen LogP contribution in [0.5, 0.6) is 0 Å². The number of nitrogens with one attached hydrogen (secondary N) is 1. The highest BCUT2D eigenvalue weighted by molar-refractivity contribution is 5.84. The first-order valence-corrected chi connectivity index (χ1v) is 8.12. The summed E-state index contributed by atoms with van der Waals surface area (Å²) in [5, 5.41) is 3.38. The number of hydrogen-bond acceptors (Lipinski definition) is 3. The molecule has 3 heteroatoms. The number of Topliss-reactive ketones (excluding diaryl/α,β-unsaturated/α-hetero) is 1. The van der Waals surface area contributed by atoms with Crippen LogP contribution in [0, 0.1) is 5.41 Å². The maximum Gasteiger partial charge on any atom is 0.139 e. The van der Waals surface area contributed by atoms with Crippen molar-refractivity contribution in [2.75, 3.05) is 19.7 Å². The van der Waals surface area contributed by atoms with E-state index in [0.717, 1.165) is 64.6 Å². The first-order chi connectivity index (χ1) is 9.27. The predicted molar refractivity (Wildman–Crippen MR) is 77.3 cm³/mol. The molecule has 19 heavy (non-hydrogen) atoms. The molecule has 0 aromatic heterocycles. The Balaban J connectivity index is 1.78. The van der Waals surface area contributed by atoms with E-state index < -0.39 is 0 Å². The summed E-state index contributed by atoms with van der Waals surface area (Å²) in [6.07, 6.45) is 9.96. The van der Waals surface area contributed by atoms with Gasteiger partial charge in [-0.3, -0.25) is 4.79 Å². The van der Waals surface area contributed by atoms with Gasteiger partial charge in [0.15, 0.2) is 0 Å². The average Bonchev–Trinajstić information content (AvgIpc) is 2.93. The molecule has 2 saturated heterocycles. The summed E-state index contributed by atoms with van der Waals surface area (Å²) in [7, 11) is 0. The van der Waals surface area contributed by atoms with Crippen LogP contribution >= 0.6 is 0 Å². The van der Waals surface area contributed by atoms with Crippen molar-refractivity contribution < 1.29 is 9.53 Å². The van der Waals surface area contributed by atoms with E-state index in [1.165, 1.54) is 12.8 Å². The summed E-state index contributed by atoms with van der Waals surface area (Å²) in [5.41, 5.74) is -0.00344. The second-order valence-corrected chi connectivity index (χ2v) is 6.23. The largest absolute Gasteiger partial charge is 0.378 e. The highest BCUT2D eigenvalue weighted by Crippen LogP contribution is 2.36. The van der Waals surface area contributed by atoms with Gasteiger partial charge in [0.05, 0.1) is 6.10 Å². The number of rotatable bonds is 7. The van der Waals surface area contributed by atoms with Crippen LogP contribution in [0.4, 0.5) is 0 Å². The second-order valence-electron chi connectivity index (χ2n) is 6.23. The average molecular weight is 267 g/mol. The van der Waals surface area contributed by atoms with E-state index in [1.54, 1.807) is 0 Å². The van der Waals surface area contributed by atoms with Gasteiger partial charge in [-0.25, -0.2) is 0 Å². The highest BCUT2D eigenvalue weighted by atomic mass is 16.5. The van der Waals surface area contributed by atoms with Crippen LogP contribution in [-0.4, -0.2) is 31.6 Å². The first-order valence-electron chi connectivity index (χ1n) is 8.12. The van der Waals surface area contributed by atoms with Crippen LogP contribution in [-0.2, 0) is 9.53 Å². The van der Waals surface area contributed by atoms with Crippen molar-refractivity contribution in [1.29, 1.82) is 0 Å². The molecule has 0 spiro atoms. The van der Waals surface area contributed by atoms with E-state index in [-0.39, 0.29) is 5.41 Å². The van der Waals surface area contributed by atoms with E-state index in [1.807, 2.05) is 0 Å². The van der Waals surface area contributed by atoms with Crippen LogP contribution in [0.25, 0.3) is 0 Å². The molecule has 110 valence electrons. The molecule has 1 N–H and O–H groups in total. The van der Waals surface area contributed by atoms with Gasteiger partial charge in [-0.05, 0) is 58.0 Å². The molecule has 2 heterocycles. The SMILES string of the molecule is CCCC1(C(=O)CCCC2CCCO2)CCNCC1. The molecule has 0 aromatic carbocycles. The van der Waals surface area contributed by atoms with Crippen LogP contribution < -0.4 is 5.32 Å². The van der Waals surface area contributed by atoms with Crippen molar-refractivity contribution in [3.8, 4) is 0 Å². The van der Waals surface area contributed by atoms with Gasteiger partial charge in [-0.15, -0.1) is 0 Å². The first kappa shape index (κ1) is 15.0. The van der Waals surface area contributed by atoms with Gasteiger partial charge in [-0.2, -0.15) is 0 Å². The van der Waals surface area contributed by atoms with Crippen molar-refractivity contribution >= 4 is 5.78 Å². The topological polar surface area (TPSA) is 38.3 Å². The Kier molecular flexibility index (Phi) is 5.83. The minimum atomic E-state index is -0.00344. The monoisotopic (exact) mass is 267 g/mol. The number of carbonyl (C=O) groups is 1. The molecule has 2 rings (SSSR count). The molecule has 2 fully saturated rings. The van der Waals surface area contributed by atoms with Gasteiger partial charge in [0.25, 0.3) is 0 Å². The fourth-order valence-electron chi connectivity index (χ4n) is 3.68. The summed E-state index contributed by atoms with van der Waals surface area (Å²) in [5.74, 6) is 0.522. The van der Waals surface area contributed by atoms with E-state index >= 15 is 0 Å². The lowest BCUT2D eigenvalue weighted by Crippen LogP contribution is -2.42. The number of ether oxygens (including phenoxy) is 1. The molecule has 0 aromatic rings. The maximum atomic E-state index is 12.6.